The highest BCUT2D eigenvalue weighted by Crippen LogP contribution is 2.34. The first-order valence-electron chi connectivity index (χ1n) is 8.92. The first-order valence-corrected chi connectivity index (χ1v) is 10.4. The molecule has 0 saturated heterocycles. The summed E-state index contributed by atoms with van der Waals surface area (Å²) in [7, 11) is -2.24. The topological polar surface area (TPSA) is 55.4 Å². The number of nitrogens with one attached hydrogen (secondary N) is 1. The second kappa shape index (κ2) is 7.56. The summed E-state index contributed by atoms with van der Waals surface area (Å²) < 4.78 is 46.7. The number of anilines is 1. The summed E-state index contributed by atoms with van der Waals surface area (Å²) in [5.41, 5.74) is 2.22. The van der Waals surface area contributed by atoms with Crippen LogP contribution >= 0.6 is 0 Å². The Morgan fingerprint density at radius 2 is 1.45 bits per heavy atom. The molecule has 0 bridgehead atoms. The first kappa shape index (κ1) is 19.0. The van der Waals surface area contributed by atoms with Gasteiger partial charge in [0.15, 0.2) is 0 Å². The molecule has 0 aliphatic heterocycles. The molecule has 4 rings (SSSR count). The fourth-order valence-corrected chi connectivity index (χ4v) is 4.31. The summed E-state index contributed by atoms with van der Waals surface area (Å²) in [6.07, 6.45) is 0. The molecule has 0 aliphatic rings. The lowest BCUT2D eigenvalue weighted by Crippen LogP contribution is -2.13. The molecule has 6 heteroatoms. The molecule has 1 N–H and O–H groups in total. The molecule has 0 aromatic heterocycles. The van der Waals surface area contributed by atoms with Crippen molar-refractivity contribution in [1.29, 1.82) is 0 Å². The molecule has 0 spiro atoms. The maximum Gasteiger partial charge on any atom is 0.261 e. The predicted molar refractivity (Wildman–Crippen MR) is 113 cm³/mol. The predicted octanol–water partition coefficient (Wildman–Crippen LogP) is 5.46. The zero-order valence-corrected chi connectivity index (χ0v) is 16.4. The first-order chi connectivity index (χ1) is 14.0. The molecule has 0 radical (unpaired) electrons. The Hall–Kier alpha value is -3.38. The highest BCUT2D eigenvalue weighted by Gasteiger charge is 2.17. The van der Waals surface area contributed by atoms with Crippen molar-refractivity contribution in [2.45, 2.75) is 4.90 Å². The van der Waals surface area contributed by atoms with Gasteiger partial charge in [-0.15, -0.1) is 0 Å². The lowest BCUT2D eigenvalue weighted by atomic mass is 9.97. The Bertz CT molecular complexity index is 1270. The van der Waals surface area contributed by atoms with E-state index < -0.39 is 10.0 Å². The van der Waals surface area contributed by atoms with Gasteiger partial charge in [-0.2, -0.15) is 0 Å². The van der Waals surface area contributed by atoms with E-state index in [1.807, 2.05) is 30.3 Å². The normalized spacial score (nSPS) is 11.4. The lowest BCUT2D eigenvalue weighted by molar-refractivity contribution is 0.414. The average Bonchev–Trinajstić information content (AvgIpc) is 2.75. The number of hydrogen-bond donors (Lipinski definition) is 1. The summed E-state index contributed by atoms with van der Waals surface area (Å²) in [6, 6.07) is 23.5. The number of hydrogen-bond acceptors (Lipinski definition) is 3. The maximum absolute atomic E-state index is 13.3. The second-order valence-corrected chi connectivity index (χ2v) is 8.18. The van der Waals surface area contributed by atoms with Crippen LogP contribution in [0, 0.1) is 5.82 Å². The number of benzene rings is 4. The van der Waals surface area contributed by atoms with E-state index in [0.29, 0.717) is 11.4 Å². The van der Waals surface area contributed by atoms with E-state index >= 15 is 0 Å². The van der Waals surface area contributed by atoms with Crippen molar-refractivity contribution in [3.05, 3.63) is 90.7 Å². The second-order valence-electron chi connectivity index (χ2n) is 6.49. The Kier molecular flexibility index (Phi) is 4.94. The molecule has 0 saturated carbocycles. The molecule has 0 fully saturated rings. The number of fused-ring (bicyclic) bond motifs is 1. The third-order valence-corrected chi connectivity index (χ3v) is 6.07. The van der Waals surface area contributed by atoms with E-state index in [0.717, 1.165) is 21.9 Å². The molecular weight excluding hydrogens is 389 g/mol. The van der Waals surface area contributed by atoms with Gasteiger partial charge in [-0.25, -0.2) is 12.8 Å². The average molecular weight is 407 g/mol. The minimum atomic E-state index is -3.77. The van der Waals surface area contributed by atoms with Crippen molar-refractivity contribution in [2.75, 3.05) is 11.8 Å². The van der Waals surface area contributed by atoms with Crippen LogP contribution in [0.25, 0.3) is 21.9 Å². The van der Waals surface area contributed by atoms with Crippen LogP contribution < -0.4 is 9.46 Å². The van der Waals surface area contributed by atoms with E-state index in [4.69, 9.17) is 4.74 Å². The van der Waals surface area contributed by atoms with Gasteiger partial charge in [-0.3, -0.25) is 4.72 Å². The van der Waals surface area contributed by atoms with Crippen molar-refractivity contribution >= 4 is 26.5 Å². The number of rotatable bonds is 5. The standard InChI is InChI=1S/C23H18FNO3S/c1-28-18-10-12-19(13-11-18)29(26,27)25-23-15-14-20(16-6-8-17(24)9-7-16)21-4-2-3-5-22(21)23/h2-15,25H,1H3. The number of ether oxygens (including phenoxy) is 1. The van der Waals surface area contributed by atoms with Gasteiger partial charge in [-0.1, -0.05) is 42.5 Å². The van der Waals surface area contributed by atoms with Gasteiger partial charge in [0.1, 0.15) is 11.6 Å². The molecule has 29 heavy (non-hydrogen) atoms. The van der Waals surface area contributed by atoms with E-state index in [9.17, 15) is 12.8 Å². The highest BCUT2D eigenvalue weighted by atomic mass is 32.2. The van der Waals surface area contributed by atoms with Crippen LogP contribution in [0.5, 0.6) is 5.75 Å². The molecule has 0 aliphatic carbocycles. The maximum atomic E-state index is 13.3. The Morgan fingerprint density at radius 1 is 0.793 bits per heavy atom. The largest absolute Gasteiger partial charge is 0.497 e. The Labute approximate surface area is 168 Å². The van der Waals surface area contributed by atoms with Crippen molar-refractivity contribution < 1.29 is 17.5 Å². The summed E-state index contributed by atoms with van der Waals surface area (Å²) in [6.45, 7) is 0. The molecular formula is C23H18FNO3S. The molecule has 0 heterocycles. The van der Waals surface area contributed by atoms with Crippen molar-refractivity contribution in [1.82, 2.24) is 0 Å². The van der Waals surface area contributed by atoms with Gasteiger partial charge in [0.05, 0.1) is 17.7 Å². The SMILES string of the molecule is COc1ccc(S(=O)(=O)Nc2ccc(-c3ccc(F)cc3)c3ccccc23)cc1. The van der Waals surface area contributed by atoms with Crippen molar-refractivity contribution in [3.63, 3.8) is 0 Å². The smallest absolute Gasteiger partial charge is 0.261 e. The third kappa shape index (κ3) is 3.79. The Morgan fingerprint density at radius 3 is 2.10 bits per heavy atom. The van der Waals surface area contributed by atoms with Crippen molar-refractivity contribution in [2.24, 2.45) is 0 Å². The quantitative estimate of drug-likeness (QED) is 0.478. The molecule has 146 valence electrons. The molecule has 4 nitrogen and oxygen atoms in total. The van der Waals surface area contributed by atoms with E-state index in [1.54, 1.807) is 30.3 Å². The molecule has 4 aromatic carbocycles. The van der Waals surface area contributed by atoms with Gasteiger partial charge in [0, 0.05) is 5.39 Å². The van der Waals surface area contributed by atoms with Gasteiger partial charge in [0.25, 0.3) is 10.0 Å². The van der Waals surface area contributed by atoms with E-state index in [1.165, 1.54) is 31.4 Å². The summed E-state index contributed by atoms with van der Waals surface area (Å²) in [4.78, 5) is 0.144. The molecule has 0 unspecified atom stereocenters. The van der Waals surface area contributed by atoms with E-state index in [2.05, 4.69) is 4.72 Å². The van der Waals surface area contributed by atoms with Crippen LogP contribution in [0.3, 0.4) is 0 Å². The minimum absolute atomic E-state index is 0.144. The van der Waals surface area contributed by atoms with Gasteiger partial charge >= 0.3 is 0 Å². The van der Waals surface area contributed by atoms with Crippen LogP contribution in [0.4, 0.5) is 10.1 Å². The van der Waals surface area contributed by atoms with Crippen LogP contribution in [0.15, 0.2) is 89.8 Å². The van der Waals surface area contributed by atoms with E-state index in [-0.39, 0.29) is 10.7 Å². The minimum Gasteiger partial charge on any atom is -0.497 e. The molecule has 0 atom stereocenters. The molecule has 4 aromatic rings. The summed E-state index contributed by atoms with van der Waals surface area (Å²) in [5.74, 6) is 0.278. The Balaban J connectivity index is 1.77. The van der Waals surface area contributed by atoms with Crippen molar-refractivity contribution in [3.8, 4) is 16.9 Å². The number of methoxy groups -OCH3 is 1. The zero-order chi connectivity index (χ0) is 20.4. The van der Waals surface area contributed by atoms with Crippen LogP contribution in [0.1, 0.15) is 0 Å². The van der Waals surface area contributed by atoms with Gasteiger partial charge in [-0.05, 0) is 59.0 Å². The van der Waals surface area contributed by atoms with Crippen LogP contribution in [0.2, 0.25) is 0 Å². The van der Waals surface area contributed by atoms with Crippen LogP contribution in [-0.4, -0.2) is 15.5 Å². The molecule has 0 amide bonds. The summed E-state index contributed by atoms with van der Waals surface area (Å²) >= 11 is 0. The summed E-state index contributed by atoms with van der Waals surface area (Å²) in [5, 5.41) is 1.63. The third-order valence-electron chi connectivity index (χ3n) is 4.69. The number of sulfonamides is 1. The monoisotopic (exact) mass is 407 g/mol. The van der Waals surface area contributed by atoms with Gasteiger partial charge < -0.3 is 4.74 Å². The lowest BCUT2D eigenvalue weighted by Gasteiger charge is -2.14. The zero-order valence-electron chi connectivity index (χ0n) is 15.6. The number of halogens is 1. The van der Waals surface area contributed by atoms with Gasteiger partial charge in [0.2, 0.25) is 0 Å². The van der Waals surface area contributed by atoms with Crippen LogP contribution in [-0.2, 0) is 10.0 Å². The fourth-order valence-electron chi connectivity index (χ4n) is 3.23. The highest BCUT2D eigenvalue weighted by molar-refractivity contribution is 7.92. The fraction of sp³-hybridized carbons (Fsp3) is 0.0435.